The van der Waals surface area contributed by atoms with Gasteiger partial charge in [-0.2, -0.15) is 0 Å². The first kappa shape index (κ1) is 8.97. The second-order valence-corrected chi connectivity index (χ2v) is 3.30. The van der Waals surface area contributed by atoms with Gasteiger partial charge in [-0.15, -0.1) is 0 Å². The maximum absolute atomic E-state index is 5.36. The van der Waals surface area contributed by atoms with E-state index in [4.69, 9.17) is 4.74 Å². The molecular weight excluding hydrogens is 140 g/mol. The van der Waals surface area contributed by atoms with Crippen LogP contribution in [0.4, 0.5) is 0 Å². The summed E-state index contributed by atoms with van der Waals surface area (Å²) in [4.78, 5) is 2.25. The molecule has 66 valence electrons. The average Bonchev–Trinajstić information content (AvgIpc) is 2.04. The third-order valence-corrected chi connectivity index (χ3v) is 2.36. The van der Waals surface area contributed by atoms with E-state index in [0.717, 1.165) is 13.1 Å². The molecule has 1 aliphatic heterocycles. The molecule has 0 aliphatic carbocycles. The zero-order valence-electron chi connectivity index (χ0n) is 7.63. The summed E-state index contributed by atoms with van der Waals surface area (Å²) in [5.74, 6) is 0. The zero-order valence-corrected chi connectivity index (χ0v) is 7.63. The fraction of sp³-hybridized carbons (Fsp3) is 1.00. The molecule has 2 atom stereocenters. The number of piperidine rings is 1. The molecule has 11 heavy (non-hydrogen) atoms. The standard InChI is InChI=1S/C8H18N2O/c1-10(2)7-4-5-9-6-8(7)11-3/h7-9H,4-6H2,1-3H3/t7-,8+/m1/s1. The summed E-state index contributed by atoms with van der Waals surface area (Å²) in [5.41, 5.74) is 0. The molecule has 0 unspecified atom stereocenters. The van der Waals surface area contributed by atoms with Crippen molar-refractivity contribution in [2.24, 2.45) is 0 Å². The van der Waals surface area contributed by atoms with Crippen LogP contribution in [-0.4, -0.2) is 51.3 Å². The van der Waals surface area contributed by atoms with E-state index in [1.807, 2.05) is 0 Å². The van der Waals surface area contributed by atoms with Crippen molar-refractivity contribution in [3.63, 3.8) is 0 Å². The predicted octanol–water partition coefficient (Wildman–Crippen LogP) is -0.0751. The number of nitrogens with one attached hydrogen (secondary N) is 1. The quantitative estimate of drug-likeness (QED) is 0.608. The molecule has 1 aliphatic rings. The van der Waals surface area contributed by atoms with Crippen molar-refractivity contribution in [1.82, 2.24) is 10.2 Å². The highest BCUT2D eigenvalue weighted by molar-refractivity contribution is 4.83. The van der Waals surface area contributed by atoms with Gasteiger partial charge in [0.25, 0.3) is 0 Å². The Balaban J connectivity index is 2.44. The van der Waals surface area contributed by atoms with Crippen LogP contribution in [0.5, 0.6) is 0 Å². The number of hydrogen-bond acceptors (Lipinski definition) is 3. The third kappa shape index (κ3) is 2.15. The van der Waals surface area contributed by atoms with Crippen molar-refractivity contribution in [1.29, 1.82) is 0 Å². The van der Waals surface area contributed by atoms with E-state index in [1.54, 1.807) is 7.11 Å². The molecular formula is C8H18N2O. The number of likely N-dealkylation sites (N-methyl/N-ethyl adjacent to an activating group) is 1. The van der Waals surface area contributed by atoms with Crippen LogP contribution in [0, 0.1) is 0 Å². The lowest BCUT2D eigenvalue weighted by Gasteiger charge is -2.35. The molecule has 1 fully saturated rings. The zero-order chi connectivity index (χ0) is 8.27. The second kappa shape index (κ2) is 4.04. The van der Waals surface area contributed by atoms with Crippen LogP contribution in [0.25, 0.3) is 0 Å². The Morgan fingerprint density at radius 2 is 2.18 bits per heavy atom. The van der Waals surface area contributed by atoms with E-state index in [1.165, 1.54) is 6.42 Å². The summed E-state index contributed by atoms with van der Waals surface area (Å²) < 4.78 is 5.36. The Bertz CT molecular complexity index is 117. The molecule has 0 aromatic heterocycles. The SMILES string of the molecule is CO[C@H]1CNCC[C@H]1N(C)C. The Labute approximate surface area is 68.7 Å². The molecule has 0 radical (unpaired) electrons. The van der Waals surface area contributed by atoms with Gasteiger partial charge >= 0.3 is 0 Å². The van der Waals surface area contributed by atoms with Crippen LogP contribution >= 0.6 is 0 Å². The molecule has 0 amide bonds. The second-order valence-electron chi connectivity index (χ2n) is 3.30. The first-order valence-electron chi connectivity index (χ1n) is 4.15. The lowest BCUT2D eigenvalue weighted by Crippen LogP contribution is -2.51. The summed E-state index contributed by atoms with van der Waals surface area (Å²) in [6, 6.07) is 0.584. The van der Waals surface area contributed by atoms with Gasteiger partial charge in [-0.1, -0.05) is 0 Å². The van der Waals surface area contributed by atoms with Crippen LogP contribution in [0.2, 0.25) is 0 Å². The fourth-order valence-corrected chi connectivity index (χ4v) is 1.65. The van der Waals surface area contributed by atoms with Crippen LogP contribution in [0.1, 0.15) is 6.42 Å². The molecule has 1 heterocycles. The monoisotopic (exact) mass is 158 g/mol. The van der Waals surface area contributed by atoms with Crippen molar-refractivity contribution >= 4 is 0 Å². The maximum Gasteiger partial charge on any atom is 0.0850 e. The lowest BCUT2D eigenvalue weighted by molar-refractivity contribution is 0.0157. The summed E-state index contributed by atoms with van der Waals surface area (Å²) in [6.07, 6.45) is 1.55. The summed E-state index contributed by atoms with van der Waals surface area (Å²) in [6.45, 7) is 2.10. The Kier molecular flexibility index (Phi) is 3.30. The van der Waals surface area contributed by atoms with Gasteiger partial charge in [0.2, 0.25) is 0 Å². The molecule has 3 nitrogen and oxygen atoms in total. The van der Waals surface area contributed by atoms with E-state index in [0.29, 0.717) is 12.1 Å². The van der Waals surface area contributed by atoms with E-state index in [-0.39, 0.29) is 0 Å². The van der Waals surface area contributed by atoms with Gasteiger partial charge < -0.3 is 15.0 Å². The number of rotatable bonds is 2. The van der Waals surface area contributed by atoms with Gasteiger partial charge in [-0.3, -0.25) is 0 Å². The summed E-state index contributed by atoms with van der Waals surface area (Å²) in [7, 11) is 6.01. The van der Waals surface area contributed by atoms with Gasteiger partial charge in [-0.05, 0) is 27.1 Å². The van der Waals surface area contributed by atoms with Gasteiger partial charge in [0.15, 0.2) is 0 Å². The van der Waals surface area contributed by atoms with Crippen LogP contribution in [0.15, 0.2) is 0 Å². The van der Waals surface area contributed by atoms with Crippen molar-refractivity contribution < 1.29 is 4.74 Å². The van der Waals surface area contributed by atoms with E-state index >= 15 is 0 Å². The van der Waals surface area contributed by atoms with Crippen LogP contribution in [-0.2, 0) is 4.74 Å². The van der Waals surface area contributed by atoms with Gasteiger partial charge in [0.1, 0.15) is 0 Å². The molecule has 0 saturated carbocycles. The highest BCUT2D eigenvalue weighted by Gasteiger charge is 2.25. The Hall–Kier alpha value is -0.120. The molecule has 3 heteroatoms. The van der Waals surface area contributed by atoms with E-state index in [2.05, 4.69) is 24.3 Å². The van der Waals surface area contributed by atoms with Crippen molar-refractivity contribution in [2.75, 3.05) is 34.3 Å². The van der Waals surface area contributed by atoms with Crippen molar-refractivity contribution in [2.45, 2.75) is 18.6 Å². The van der Waals surface area contributed by atoms with Gasteiger partial charge in [0.05, 0.1) is 6.10 Å². The molecule has 0 aromatic rings. The highest BCUT2D eigenvalue weighted by Crippen LogP contribution is 2.11. The minimum absolute atomic E-state index is 0.360. The molecule has 1 saturated heterocycles. The number of nitrogens with zero attached hydrogens (tertiary/aromatic N) is 1. The van der Waals surface area contributed by atoms with Crippen LogP contribution in [0.3, 0.4) is 0 Å². The first-order valence-corrected chi connectivity index (χ1v) is 4.15. The summed E-state index contributed by atoms with van der Waals surface area (Å²) >= 11 is 0. The normalized spacial score (nSPS) is 32.7. The fourth-order valence-electron chi connectivity index (χ4n) is 1.65. The maximum atomic E-state index is 5.36. The number of hydrogen-bond donors (Lipinski definition) is 1. The van der Waals surface area contributed by atoms with Gasteiger partial charge in [-0.25, -0.2) is 0 Å². The van der Waals surface area contributed by atoms with E-state index < -0.39 is 0 Å². The minimum Gasteiger partial charge on any atom is -0.379 e. The lowest BCUT2D eigenvalue weighted by atomic mass is 10.0. The highest BCUT2D eigenvalue weighted by atomic mass is 16.5. The molecule has 1 rings (SSSR count). The largest absolute Gasteiger partial charge is 0.379 e. The number of ether oxygens (including phenoxy) is 1. The first-order chi connectivity index (χ1) is 5.25. The smallest absolute Gasteiger partial charge is 0.0850 e. The summed E-state index contributed by atoms with van der Waals surface area (Å²) in [5, 5.41) is 3.32. The van der Waals surface area contributed by atoms with Crippen LogP contribution < -0.4 is 5.32 Å². The van der Waals surface area contributed by atoms with Crippen molar-refractivity contribution in [3.8, 4) is 0 Å². The topological polar surface area (TPSA) is 24.5 Å². The van der Waals surface area contributed by atoms with E-state index in [9.17, 15) is 0 Å². The molecule has 0 aromatic carbocycles. The molecule has 0 bridgehead atoms. The Morgan fingerprint density at radius 1 is 1.45 bits per heavy atom. The average molecular weight is 158 g/mol. The number of methoxy groups -OCH3 is 1. The third-order valence-electron chi connectivity index (χ3n) is 2.36. The molecule has 1 N–H and O–H groups in total. The minimum atomic E-state index is 0.360. The van der Waals surface area contributed by atoms with Crippen molar-refractivity contribution in [3.05, 3.63) is 0 Å². The Morgan fingerprint density at radius 3 is 2.64 bits per heavy atom. The molecule has 0 spiro atoms. The van der Waals surface area contributed by atoms with Gasteiger partial charge in [0, 0.05) is 19.7 Å². The predicted molar refractivity (Wildman–Crippen MR) is 45.8 cm³/mol.